The fourth-order valence-electron chi connectivity index (χ4n) is 9.51. The van der Waals surface area contributed by atoms with Gasteiger partial charge in [0.15, 0.2) is 0 Å². The highest BCUT2D eigenvalue weighted by Gasteiger charge is 2.20. The fraction of sp³-hybridized carbons (Fsp3) is 0.172. The zero-order valence-corrected chi connectivity index (χ0v) is 36.7. The highest BCUT2D eigenvalue weighted by Crippen LogP contribution is 2.41. The van der Waals surface area contributed by atoms with Gasteiger partial charge in [-0.05, 0) is 95.0 Å². The van der Waals surface area contributed by atoms with Crippen LogP contribution < -0.4 is 9.80 Å². The number of hydrogen-bond donors (Lipinski definition) is 0. The maximum atomic E-state index is 5.59. The highest BCUT2D eigenvalue weighted by atomic mass is 15.3. The lowest BCUT2D eigenvalue weighted by Crippen LogP contribution is -2.44. The second-order valence-corrected chi connectivity index (χ2v) is 17.5. The van der Waals surface area contributed by atoms with Gasteiger partial charge >= 0.3 is 0 Å². The van der Waals surface area contributed by atoms with E-state index in [1.54, 1.807) is 0 Å². The molecule has 2 fully saturated rings. The summed E-state index contributed by atoms with van der Waals surface area (Å²) in [5.74, 6) is 0. The number of likely N-dealkylation sites (N-methyl/N-ethyl adjacent to an activating group) is 2. The van der Waals surface area contributed by atoms with Crippen molar-refractivity contribution in [2.45, 2.75) is 0 Å². The Morgan fingerprint density at radius 2 is 0.625 bits per heavy atom. The summed E-state index contributed by atoms with van der Waals surface area (Å²) in [5.41, 5.74) is 17.7. The van der Waals surface area contributed by atoms with Crippen molar-refractivity contribution in [3.63, 3.8) is 0 Å². The van der Waals surface area contributed by atoms with E-state index in [4.69, 9.17) is 9.97 Å². The maximum absolute atomic E-state index is 5.59. The van der Waals surface area contributed by atoms with Crippen molar-refractivity contribution in [3.8, 4) is 67.0 Å². The smallest absolute Gasteiger partial charge is 0.0978 e. The molecule has 4 heterocycles. The molecule has 64 heavy (non-hydrogen) atoms. The molecule has 0 atom stereocenters. The normalized spacial score (nSPS) is 15.0. The van der Waals surface area contributed by atoms with Gasteiger partial charge in [0, 0.05) is 85.6 Å². The molecule has 314 valence electrons. The molecule has 6 heteroatoms. The van der Waals surface area contributed by atoms with Gasteiger partial charge in [-0.2, -0.15) is 0 Å². The second-order valence-electron chi connectivity index (χ2n) is 17.5. The van der Waals surface area contributed by atoms with E-state index in [1.165, 1.54) is 33.6 Å². The molecule has 7 aromatic carbocycles. The molecule has 2 aliphatic rings. The van der Waals surface area contributed by atoms with Crippen molar-refractivity contribution in [3.05, 3.63) is 182 Å². The van der Waals surface area contributed by atoms with Crippen molar-refractivity contribution in [1.29, 1.82) is 0 Å². The minimum atomic E-state index is 0.901. The topological polar surface area (TPSA) is 38.7 Å². The van der Waals surface area contributed by atoms with Crippen molar-refractivity contribution in [2.75, 3.05) is 76.3 Å². The van der Waals surface area contributed by atoms with Crippen LogP contribution in [0.3, 0.4) is 0 Å². The molecule has 6 nitrogen and oxygen atoms in total. The number of anilines is 2. The molecular weight excluding hydrogens is 781 g/mol. The van der Waals surface area contributed by atoms with Gasteiger partial charge in [-0.15, -0.1) is 0 Å². The third kappa shape index (κ3) is 7.91. The fourth-order valence-corrected chi connectivity index (χ4v) is 9.51. The quantitative estimate of drug-likeness (QED) is 0.142. The van der Waals surface area contributed by atoms with E-state index in [1.807, 2.05) is 0 Å². The van der Waals surface area contributed by atoms with E-state index in [-0.39, 0.29) is 0 Å². The number of aromatic nitrogens is 2. The summed E-state index contributed by atoms with van der Waals surface area (Å²) in [5, 5.41) is 2.16. The molecule has 0 radical (unpaired) electrons. The number of nitrogens with zero attached hydrogens (tertiary/aromatic N) is 6. The molecule has 0 bridgehead atoms. The van der Waals surface area contributed by atoms with E-state index in [0.29, 0.717) is 0 Å². The molecule has 0 aliphatic carbocycles. The van der Waals surface area contributed by atoms with Crippen LogP contribution in [0.2, 0.25) is 0 Å². The number of rotatable bonds is 8. The maximum Gasteiger partial charge on any atom is 0.0978 e. The van der Waals surface area contributed by atoms with Gasteiger partial charge in [-0.3, -0.25) is 0 Å². The van der Waals surface area contributed by atoms with Crippen molar-refractivity contribution < 1.29 is 0 Å². The number of hydrogen-bond acceptors (Lipinski definition) is 6. The van der Waals surface area contributed by atoms with Crippen LogP contribution in [-0.2, 0) is 0 Å². The Morgan fingerprint density at radius 3 is 0.984 bits per heavy atom. The standard InChI is InChI=1S/C58H52N6/c1-61-31-35-63(36-32-61)49-25-21-47(22-26-49)55-39-53(45-17-13-43(14-18-45)41-9-5-3-6-10-41)51-29-30-52-54(46-19-15-44(16-20-46)42-11-7-4-8-12-42)40-56(60-58(52)57(51)59-55)48-23-27-50(28-24-48)64-37-33-62(2)34-38-64/h3-30,39-40H,31-38H2,1-2H3. The third-order valence-corrected chi connectivity index (χ3v) is 13.4. The molecule has 2 aromatic heterocycles. The van der Waals surface area contributed by atoms with Gasteiger partial charge < -0.3 is 19.6 Å². The van der Waals surface area contributed by atoms with E-state index in [9.17, 15) is 0 Å². The summed E-state index contributed by atoms with van der Waals surface area (Å²) < 4.78 is 0. The van der Waals surface area contributed by atoms with Crippen LogP contribution in [0.4, 0.5) is 11.4 Å². The summed E-state index contributed by atoms with van der Waals surface area (Å²) in [6.45, 7) is 8.41. The predicted molar refractivity (Wildman–Crippen MR) is 269 cm³/mol. The van der Waals surface area contributed by atoms with Gasteiger partial charge in [-0.1, -0.05) is 146 Å². The van der Waals surface area contributed by atoms with Crippen LogP contribution in [0.1, 0.15) is 0 Å². The minimum absolute atomic E-state index is 0.901. The minimum Gasteiger partial charge on any atom is -0.369 e. The number of pyridine rings is 2. The lowest BCUT2D eigenvalue weighted by molar-refractivity contribution is 0.313. The van der Waals surface area contributed by atoms with Gasteiger partial charge in [0.1, 0.15) is 0 Å². The van der Waals surface area contributed by atoms with E-state index < -0.39 is 0 Å². The number of fused-ring (bicyclic) bond motifs is 3. The average Bonchev–Trinajstić information content (AvgIpc) is 3.37. The lowest BCUT2D eigenvalue weighted by atomic mass is 9.92. The van der Waals surface area contributed by atoms with Crippen LogP contribution in [0.15, 0.2) is 182 Å². The summed E-state index contributed by atoms with van der Waals surface area (Å²) in [6.07, 6.45) is 0. The Bertz CT molecular complexity index is 2830. The lowest BCUT2D eigenvalue weighted by Gasteiger charge is -2.34. The molecule has 0 N–H and O–H groups in total. The molecule has 11 rings (SSSR count). The van der Waals surface area contributed by atoms with Crippen molar-refractivity contribution >= 4 is 33.2 Å². The van der Waals surface area contributed by atoms with Gasteiger partial charge in [0.2, 0.25) is 0 Å². The number of benzene rings is 7. The molecule has 0 spiro atoms. The van der Waals surface area contributed by atoms with E-state index in [2.05, 4.69) is 216 Å². The first-order chi connectivity index (χ1) is 31.5. The molecule has 2 aliphatic heterocycles. The van der Waals surface area contributed by atoms with Gasteiger partial charge in [0.25, 0.3) is 0 Å². The van der Waals surface area contributed by atoms with Crippen molar-refractivity contribution in [2.24, 2.45) is 0 Å². The number of piperazine rings is 2. The first-order valence-electron chi connectivity index (χ1n) is 22.7. The third-order valence-electron chi connectivity index (χ3n) is 13.4. The predicted octanol–water partition coefficient (Wildman–Crippen LogP) is 12.3. The molecule has 0 unspecified atom stereocenters. The van der Waals surface area contributed by atoms with Crippen LogP contribution in [0.25, 0.3) is 88.8 Å². The Kier molecular flexibility index (Phi) is 10.7. The summed E-state index contributed by atoms with van der Waals surface area (Å²) >= 11 is 0. The second kappa shape index (κ2) is 17.2. The summed E-state index contributed by atoms with van der Waals surface area (Å²) in [6, 6.07) is 66.3. The molecular formula is C58H52N6. The molecule has 0 amide bonds. The van der Waals surface area contributed by atoms with Gasteiger partial charge in [0.05, 0.1) is 22.4 Å². The summed E-state index contributed by atoms with van der Waals surface area (Å²) in [4.78, 5) is 21.0. The first kappa shape index (κ1) is 39.7. The van der Waals surface area contributed by atoms with Crippen LogP contribution in [0.5, 0.6) is 0 Å². The SMILES string of the molecule is CN1CCN(c2ccc(-c3cc(-c4ccc(-c5ccccc5)cc4)c4ccc5c(-c6ccc(-c7ccccc7)cc6)cc(-c6ccc(N7CCN(C)CC7)cc6)nc5c4n3)cc2)CC1. The Hall–Kier alpha value is -7.12. The molecule has 0 saturated carbocycles. The average molecular weight is 833 g/mol. The zero-order chi connectivity index (χ0) is 43.0. The summed E-state index contributed by atoms with van der Waals surface area (Å²) in [7, 11) is 4.41. The van der Waals surface area contributed by atoms with Crippen LogP contribution in [0, 0.1) is 0 Å². The largest absolute Gasteiger partial charge is 0.369 e. The molecule has 2 saturated heterocycles. The van der Waals surface area contributed by atoms with E-state index >= 15 is 0 Å². The van der Waals surface area contributed by atoms with Crippen LogP contribution in [-0.4, -0.2) is 86.2 Å². The Balaban J connectivity index is 1.09. The molecule has 9 aromatic rings. The van der Waals surface area contributed by atoms with E-state index in [0.717, 1.165) is 119 Å². The zero-order valence-electron chi connectivity index (χ0n) is 36.7. The van der Waals surface area contributed by atoms with Gasteiger partial charge in [-0.25, -0.2) is 9.97 Å². The first-order valence-corrected chi connectivity index (χ1v) is 22.7. The Morgan fingerprint density at radius 1 is 0.312 bits per heavy atom. The van der Waals surface area contributed by atoms with Crippen LogP contribution >= 0.6 is 0 Å². The Labute approximate surface area is 376 Å². The monoisotopic (exact) mass is 832 g/mol. The van der Waals surface area contributed by atoms with Crippen molar-refractivity contribution in [1.82, 2.24) is 19.8 Å². The highest BCUT2D eigenvalue weighted by molar-refractivity contribution is 6.13.